The zero-order valence-electron chi connectivity index (χ0n) is 16.6. The summed E-state index contributed by atoms with van der Waals surface area (Å²) >= 11 is 0. The maximum Gasteiger partial charge on any atom is 0.253 e. The lowest BCUT2D eigenvalue weighted by Crippen LogP contribution is -2.43. The summed E-state index contributed by atoms with van der Waals surface area (Å²) in [5.74, 6) is -0.153. The fraction of sp³-hybridized carbons (Fsp3) is 0.391. The largest absolute Gasteiger partial charge is 0.338 e. The van der Waals surface area contributed by atoms with E-state index in [1.807, 2.05) is 56.9 Å². The molecule has 3 rings (SSSR count). The van der Waals surface area contributed by atoms with Crippen LogP contribution in [0.3, 0.4) is 0 Å². The Kier molecular flexibility index (Phi) is 5.64. The quantitative estimate of drug-likeness (QED) is 0.877. The van der Waals surface area contributed by atoms with Gasteiger partial charge in [0.25, 0.3) is 5.91 Å². The van der Waals surface area contributed by atoms with Crippen molar-refractivity contribution in [2.24, 2.45) is 5.92 Å². The highest BCUT2D eigenvalue weighted by molar-refractivity contribution is 5.96. The van der Waals surface area contributed by atoms with Gasteiger partial charge in [-0.2, -0.15) is 0 Å². The monoisotopic (exact) mass is 364 g/mol. The molecule has 0 bridgehead atoms. The number of carbonyl (C=O) groups is 2. The Balaban J connectivity index is 1.69. The molecule has 1 heterocycles. The van der Waals surface area contributed by atoms with Gasteiger partial charge in [0.05, 0.1) is 5.92 Å². The maximum atomic E-state index is 12.9. The van der Waals surface area contributed by atoms with Crippen molar-refractivity contribution in [1.29, 1.82) is 0 Å². The Hall–Kier alpha value is -2.62. The topological polar surface area (TPSA) is 49.4 Å². The smallest absolute Gasteiger partial charge is 0.253 e. The molecule has 0 saturated carbocycles. The highest BCUT2D eigenvalue weighted by Gasteiger charge is 2.29. The van der Waals surface area contributed by atoms with Crippen molar-refractivity contribution in [3.05, 3.63) is 64.2 Å². The molecule has 0 radical (unpaired) electrons. The van der Waals surface area contributed by atoms with Gasteiger partial charge in [-0.25, -0.2) is 0 Å². The number of piperidine rings is 1. The summed E-state index contributed by atoms with van der Waals surface area (Å²) in [6.45, 7) is 9.22. The zero-order chi connectivity index (χ0) is 19.6. The molecule has 27 heavy (non-hydrogen) atoms. The molecule has 2 aromatic carbocycles. The summed E-state index contributed by atoms with van der Waals surface area (Å²) in [4.78, 5) is 27.5. The van der Waals surface area contributed by atoms with E-state index in [9.17, 15) is 9.59 Å². The first kappa shape index (κ1) is 19.2. The van der Waals surface area contributed by atoms with E-state index in [-0.39, 0.29) is 17.7 Å². The number of carbonyl (C=O) groups excluding carboxylic acids is 2. The van der Waals surface area contributed by atoms with Crippen molar-refractivity contribution in [2.45, 2.75) is 40.5 Å². The Morgan fingerprint density at radius 1 is 0.963 bits per heavy atom. The second-order valence-electron chi connectivity index (χ2n) is 7.77. The van der Waals surface area contributed by atoms with E-state index in [1.165, 1.54) is 5.56 Å². The predicted molar refractivity (Wildman–Crippen MR) is 109 cm³/mol. The Morgan fingerprint density at radius 3 is 2.33 bits per heavy atom. The minimum absolute atomic E-state index is 0.000115. The number of rotatable bonds is 3. The van der Waals surface area contributed by atoms with Crippen LogP contribution in [0.25, 0.3) is 0 Å². The molecule has 4 heteroatoms. The molecular weight excluding hydrogens is 336 g/mol. The van der Waals surface area contributed by atoms with Crippen molar-refractivity contribution in [2.75, 3.05) is 18.4 Å². The van der Waals surface area contributed by atoms with Crippen LogP contribution in [-0.4, -0.2) is 29.8 Å². The first-order valence-corrected chi connectivity index (χ1v) is 9.59. The SMILES string of the molecule is Cc1cc(C)cc(C(=O)N2CCC[C@@H](C(=O)Nc3ccc(C)cc3C)C2)c1. The molecule has 142 valence electrons. The highest BCUT2D eigenvalue weighted by atomic mass is 16.2. The molecule has 0 unspecified atom stereocenters. The highest BCUT2D eigenvalue weighted by Crippen LogP contribution is 2.23. The van der Waals surface area contributed by atoms with Gasteiger partial charge >= 0.3 is 0 Å². The predicted octanol–water partition coefficient (Wildman–Crippen LogP) is 4.41. The molecule has 1 fully saturated rings. The molecule has 0 aliphatic carbocycles. The van der Waals surface area contributed by atoms with Crippen LogP contribution in [0.4, 0.5) is 5.69 Å². The van der Waals surface area contributed by atoms with Gasteiger partial charge < -0.3 is 10.2 Å². The molecule has 1 saturated heterocycles. The number of hydrogen-bond donors (Lipinski definition) is 1. The molecule has 1 atom stereocenters. The summed E-state index contributed by atoms with van der Waals surface area (Å²) in [6.07, 6.45) is 1.66. The molecule has 0 aromatic heterocycles. The molecule has 4 nitrogen and oxygen atoms in total. The maximum absolute atomic E-state index is 12.9. The van der Waals surface area contributed by atoms with Crippen molar-refractivity contribution in [3.63, 3.8) is 0 Å². The second kappa shape index (κ2) is 7.95. The summed E-state index contributed by atoms with van der Waals surface area (Å²) < 4.78 is 0. The fourth-order valence-corrected chi connectivity index (χ4v) is 3.84. The molecule has 2 amide bonds. The number of benzene rings is 2. The molecule has 1 aliphatic heterocycles. The third-order valence-electron chi connectivity index (χ3n) is 5.19. The average Bonchev–Trinajstić information content (AvgIpc) is 2.62. The molecule has 1 aliphatic rings. The number of anilines is 1. The molecule has 1 N–H and O–H groups in total. The summed E-state index contributed by atoms with van der Waals surface area (Å²) in [5, 5.41) is 3.05. The first-order chi connectivity index (χ1) is 12.8. The number of hydrogen-bond acceptors (Lipinski definition) is 2. The normalized spacial score (nSPS) is 16.9. The van der Waals surface area contributed by atoms with Crippen LogP contribution in [0.2, 0.25) is 0 Å². The van der Waals surface area contributed by atoms with E-state index in [1.54, 1.807) is 0 Å². The fourth-order valence-electron chi connectivity index (χ4n) is 3.84. The molecule has 2 aromatic rings. The van der Waals surface area contributed by atoms with Gasteiger partial charge in [0.1, 0.15) is 0 Å². The van der Waals surface area contributed by atoms with Crippen molar-refractivity contribution < 1.29 is 9.59 Å². The van der Waals surface area contributed by atoms with Gasteiger partial charge in [0, 0.05) is 24.3 Å². The van der Waals surface area contributed by atoms with E-state index in [0.717, 1.165) is 35.2 Å². The summed E-state index contributed by atoms with van der Waals surface area (Å²) in [6, 6.07) is 11.9. The minimum Gasteiger partial charge on any atom is -0.338 e. The van der Waals surface area contributed by atoms with Crippen LogP contribution in [0.1, 0.15) is 45.5 Å². The van der Waals surface area contributed by atoms with Gasteiger partial charge in [-0.3, -0.25) is 9.59 Å². The van der Waals surface area contributed by atoms with Gasteiger partial charge in [0.15, 0.2) is 0 Å². The van der Waals surface area contributed by atoms with E-state index in [4.69, 9.17) is 0 Å². The standard InChI is InChI=1S/C23H28N2O2/c1-15-7-8-21(18(4)11-15)24-22(26)19-6-5-9-25(14-19)23(27)20-12-16(2)10-17(3)13-20/h7-8,10-13,19H,5-6,9,14H2,1-4H3,(H,24,26)/t19-/m1/s1. The van der Waals surface area contributed by atoms with Crippen LogP contribution in [0.5, 0.6) is 0 Å². The van der Waals surface area contributed by atoms with Gasteiger partial charge in [0.2, 0.25) is 5.91 Å². The van der Waals surface area contributed by atoms with E-state index in [2.05, 4.69) is 17.4 Å². The van der Waals surface area contributed by atoms with Gasteiger partial charge in [-0.1, -0.05) is 34.9 Å². The Labute approximate surface area is 161 Å². The number of nitrogens with one attached hydrogen (secondary N) is 1. The first-order valence-electron chi connectivity index (χ1n) is 9.59. The van der Waals surface area contributed by atoms with Crippen LogP contribution >= 0.6 is 0 Å². The van der Waals surface area contributed by atoms with Crippen molar-refractivity contribution in [1.82, 2.24) is 4.90 Å². The zero-order valence-corrected chi connectivity index (χ0v) is 16.6. The van der Waals surface area contributed by atoms with E-state index < -0.39 is 0 Å². The average molecular weight is 364 g/mol. The molecular formula is C23H28N2O2. The van der Waals surface area contributed by atoms with E-state index >= 15 is 0 Å². The summed E-state index contributed by atoms with van der Waals surface area (Å²) in [7, 11) is 0. The number of nitrogens with zero attached hydrogens (tertiary/aromatic N) is 1. The lowest BCUT2D eigenvalue weighted by molar-refractivity contribution is -0.121. The van der Waals surface area contributed by atoms with Crippen LogP contribution in [0.15, 0.2) is 36.4 Å². The lowest BCUT2D eigenvalue weighted by atomic mass is 9.95. The van der Waals surface area contributed by atoms with Crippen LogP contribution in [-0.2, 0) is 4.79 Å². The van der Waals surface area contributed by atoms with Crippen molar-refractivity contribution in [3.8, 4) is 0 Å². The van der Waals surface area contributed by atoms with Crippen LogP contribution < -0.4 is 5.32 Å². The number of likely N-dealkylation sites (tertiary alicyclic amines) is 1. The third-order valence-corrected chi connectivity index (χ3v) is 5.19. The Bertz CT molecular complexity index is 852. The number of amides is 2. The summed E-state index contributed by atoms with van der Waals surface area (Å²) in [5.41, 5.74) is 5.96. The van der Waals surface area contributed by atoms with Crippen LogP contribution in [0, 0.1) is 33.6 Å². The second-order valence-corrected chi connectivity index (χ2v) is 7.77. The Morgan fingerprint density at radius 2 is 1.67 bits per heavy atom. The van der Waals surface area contributed by atoms with Gasteiger partial charge in [-0.05, 0) is 64.3 Å². The molecule has 0 spiro atoms. The minimum atomic E-state index is -0.172. The lowest BCUT2D eigenvalue weighted by Gasteiger charge is -2.32. The van der Waals surface area contributed by atoms with Gasteiger partial charge in [-0.15, -0.1) is 0 Å². The number of aryl methyl sites for hydroxylation is 4. The third kappa shape index (κ3) is 4.57. The van der Waals surface area contributed by atoms with Crippen molar-refractivity contribution >= 4 is 17.5 Å². The van der Waals surface area contributed by atoms with E-state index in [0.29, 0.717) is 18.7 Å².